The van der Waals surface area contributed by atoms with E-state index in [0.717, 1.165) is 11.8 Å². The monoisotopic (exact) mass is 329 g/mol. The van der Waals surface area contributed by atoms with E-state index in [9.17, 15) is 17.6 Å². The minimum absolute atomic E-state index is 0.105. The molecule has 1 aliphatic heterocycles. The van der Waals surface area contributed by atoms with E-state index in [0.29, 0.717) is 19.4 Å². The Morgan fingerprint density at radius 2 is 2.14 bits per heavy atom. The number of rotatable bonds is 3. The Morgan fingerprint density at radius 3 is 2.82 bits per heavy atom. The van der Waals surface area contributed by atoms with Crippen molar-refractivity contribution in [3.63, 3.8) is 0 Å². The Balaban J connectivity index is 1.96. The number of benzene rings is 1. The molecule has 2 rings (SSSR count). The number of carbonyl (C=O) groups excluding carboxylic acids is 1. The second kappa shape index (κ2) is 6.62. The zero-order chi connectivity index (χ0) is 16.3. The van der Waals surface area contributed by atoms with E-state index in [1.807, 2.05) is 0 Å². The van der Waals surface area contributed by atoms with Crippen LogP contribution in [0.15, 0.2) is 18.2 Å². The SMILES string of the molecule is Cc1ccc(F)c(NC(=O)NC2CCCN(S(C)(=O)=O)C2)c1. The highest BCUT2D eigenvalue weighted by atomic mass is 32.2. The standard InChI is InChI=1S/C14H20FN3O3S/c1-10-5-6-12(15)13(8-10)17-14(19)16-11-4-3-7-18(9-11)22(2,20)21/h5-6,8,11H,3-4,7,9H2,1-2H3,(H2,16,17,19). The Labute approximate surface area is 129 Å². The number of sulfonamides is 1. The zero-order valence-corrected chi connectivity index (χ0v) is 13.4. The lowest BCUT2D eigenvalue weighted by molar-refractivity contribution is 0.236. The average molecular weight is 329 g/mol. The fraction of sp³-hybridized carbons (Fsp3) is 0.500. The summed E-state index contributed by atoms with van der Waals surface area (Å²) in [4.78, 5) is 11.9. The molecule has 6 nitrogen and oxygen atoms in total. The van der Waals surface area contributed by atoms with Gasteiger partial charge in [-0.15, -0.1) is 0 Å². The molecule has 2 N–H and O–H groups in total. The number of aryl methyl sites for hydroxylation is 1. The summed E-state index contributed by atoms with van der Waals surface area (Å²) >= 11 is 0. The number of carbonyl (C=O) groups is 1. The first-order valence-corrected chi connectivity index (χ1v) is 8.89. The molecule has 1 aromatic carbocycles. The zero-order valence-electron chi connectivity index (χ0n) is 12.6. The van der Waals surface area contributed by atoms with Crippen LogP contribution in [0, 0.1) is 12.7 Å². The van der Waals surface area contributed by atoms with Crippen molar-refractivity contribution in [2.75, 3.05) is 24.7 Å². The number of hydrogen-bond acceptors (Lipinski definition) is 3. The highest BCUT2D eigenvalue weighted by Gasteiger charge is 2.26. The van der Waals surface area contributed by atoms with Gasteiger partial charge in [0.25, 0.3) is 0 Å². The fourth-order valence-corrected chi connectivity index (χ4v) is 3.35. The number of nitrogens with one attached hydrogen (secondary N) is 2. The van der Waals surface area contributed by atoms with Crippen LogP contribution in [0.3, 0.4) is 0 Å². The molecule has 0 radical (unpaired) electrons. The third kappa shape index (κ3) is 4.41. The first-order chi connectivity index (χ1) is 10.3. The third-order valence-electron chi connectivity index (χ3n) is 3.56. The minimum atomic E-state index is -3.26. The summed E-state index contributed by atoms with van der Waals surface area (Å²) in [5.41, 5.74) is 0.936. The van der Waals surface area contributed by atoms with Gasteiger partial charge < -0.3 is 10.6 Å². The third-order valence-corrected chi connectivity index (χ3v) is 4.83. The number of piperidine rings is 1. The number of urea groups is 1. The van der Waals surface area contributed by atoms with Crippen molar-refractivity contribution in [2.45, 2.75) is 25.8 Å². The molecular weight excluding hydrogens is 309 g/mol. The molecule has 2 amide bonds. The summed E-state index contributed by atoms with van der Waals surface area (Å²) in [6, 6.07) is 3.63. The van der Waals surface area contributed by atoms with Gasteiger partial charge in [0.05, 0.1) is 11.9 Å². The molecule has 0 aromatic heterocycles. The predicted molar refractivity (Wildman–Crippen MR) is 82.7 cm³/mol. The topological polar surface area (TPSA) is 78.5 Å². The quantitative estimate of drug-likeness (QED) is 0.885. The van der Waals surface area contributed by atoms with Gasteiger partial charge in [0, 0.05) is 19.1 Å². The van der Waals surface area contributed by atoms with Crippen LogP contribution in [0.5, 0.6) is 0 Å². The Bertz CT molecular complexity index is 663. The summed E-state index contributed by atoms with van der Waals surface area (Å²) < 4.78 is 38.0. The van der Waals surface area contributed by atoms with Crippen molar-refractivity contribution in [3.8, 4) is 0 Å². The van der Waals surface area contributed by atoms with E-state index >= 15 is 0 Å². The van der Waals surface area contributed by atoms with Crippen molar-refractivity contribution in [1.29, 1.82) is 0 Å². The first kappa shape index (κ1) is 16.7. The maximum absolute atomic E-state index is 13.6. The van der Waals surface area contributed by atoms with Crippen LogP contribution in [0.4, 0.5) is 14.9 Å². The van der Waals surface area contributed by atoms with Crippen molar-refractivity contribution < 1.29 is 17.6 Å². The van der Waals surface area contributed by atoms with Gasteiger partial charge in [0.2, 0.25) is 10.0 Å². The molecule has 0 aliphatic carbocycles. The van der Waals surface area contributed by atoms with Crippen LogP contribution < -0.4 is 10.6 Å². The lowest BCUT2D eigenvalue weighted by Crippen LogP contribution is -2.50. The van der Waals surface area contributed by atoms with E-state index in [1.54, 1.807) is 19.1 Å². The normalized spacial score (nSPS) is 19.7. The molecule has 8 heteroatoms. The van der Waals surface area contributed by atoms with E-state index in [1.165, 1.54) is 10.4 Å². The molecule has 0 spiro atoms. The van der Waals surface area contributed by atoms with Gasteiger partial charge >= 0.3 is 6.03 Å². The van der Waals surface area contributed by atoms with Gasteiger partial charge in [-0.25, -0.2) is 21.9 Å². The van der Waals surface area contributed by atoms with Crippen LogP contribution in [-0.2, 0) is 10.0 Å². The highest BCUT2D eigenvalue weighted by Crippen LogP contribution is 2.16. The molecule has 1 saturated heterocycles. The van der Waals surface area contributed by atoms with Gasteiger partial charge in [0.15, 0.2) is 0 Å². The lowest BCUT2D eigenvalue weighted by Gasteiger charge is -2.31. The van der Waals surface area contributed by atoms with Crippen LogP contribution in [0.25, 0.3) is 0 Å². The Morgan fingerprint density at radius 1 is 1.41 bits per heavy atom. The molecule has 1 aromatic rings. The molecule has 1 atom stereocenters. The molecular formula is C14H20FN3O3S. The molecule has 1 unspecified atom stereocenters. The molecule has 1 aliphatic rings. The Hall–Kier alpha value is -1.67. The van der Waals surface area contributed by atoms with Gasteiger partial charge in [-0.05, 0) is 37.5 Å². The van der Waals surface area contributed by atoms with Crippen LogP contribution >= 0.6 is 0 Å². The number of amides is 2. The molecule has 1 fully saturated rings. The second-order valence-electron chi connectivity index (χ2n) is 5.54. The van der Waals surface area contributed by atoms with E-state index in [-0.39, 0.29) is 18.3 Å². The number of halogens is 1. The van der Waals surface area contributed by atoms with Gasteiger partial charge in [-0.2, -0.15) is 0 Å². The molecule has 0 bridgehead atoms. The fourth-order valence-electron chi connectivity index (χ4n) is 2.44. The smallest absolute Gasteiger partial charge is 0.319 e. The summed E-state index contributed by atoms with van der Waals surface area (Å²) in [6.07, 6.45) is 2.52. The van der Waals surface area contributed by atoms with Crippen LogP contribution in [-0.4, -0.2) is 44.1 Å². The highest BCUT2D eigenvalue weighted by molar-refractivity contribution is 7.88. The Kier molecular flexibility index (Phi) is 5.02. The van der Waals surface area contributed by atoms with Gasteiger partial charge in [-0.1, -0.05) is 6.07 Å². The largest absolute Gasteiger partial charge is 0.334 e. The maximum atomic E-state index is 13.6. The van der Waals surface area contributed by atoms with E-state index < -0.39 is 21.9 Å². The van der Waals surface area contributed by atoms with Crippen molar-refractivity contribution in [1.82, 2.24) is 9.62 Å². The van der Waals surface area contributed by atoms with Crippen molar-refractivity contribution in [3.05, 3.63) is 29.6 Å². The van der Waals surface area contributed by atoms with E-state index in [2.05, 4.69) is 10.6 Å². The van der Waals surface area contributed by atoms with Crippen LogP contribution in [0.2, 0.25) is 0 Å². The maximum Gasteiger partial charge on any atom is 0.319 e. The number of anilines is 1. The summed E-state index contributed by atoms with van der Waals surface area (Å²) in [5.74, 6) is -0.512. The van der Waals surface area contributed by atoms with Crippen LogP contribution in [0.1, 0.15) is 18.4 Å². The molecule has 122 valence electrons. The van der Waals surface area contributed by atoms with Gasteiger partial charge in [0.1, 0.15) is 5.82 Å². The van der Waals surface area contributed by atoms with E-state index in [4.69, 9.17) is 0 Å². The second-order valence-corrected chi connectivity index (χ2v) is 7.52. The van der Waals surface area contributed by atoms with Crippen molar-refractivity contribution >= 4 is 21.7 Å². The lowest BCUT2D eigenvalue weighted by atomic mass is 10.1. The summed E-state index contributed by atoms with van der Waals surface area (Å²) in [5, 5.41) is 5.15. The minimum Gasteiger partial charge on any atom is -0.334 e. The van der Waals surface area contributed by atoms with Crippen molar-refractivity contribution in [2.24, 2.45) is 0 Å². The molecule has 22 heavy (non-hydrogen) atoms. The molecule has 1 heterocycles. The predicted octanol–water partition coefficient (Wildman–Crippen LogP) is 1.68. The summed E-state index contributed by atoms with van der Waals surface area (Å²) in [7, 11) is -3.26. The summed E-state index contributed by atoms with van der Waals surface area (Å²) in [6.45, 7) is 2.50. The first-order valence-electron chi connectivity index (χ1n) is 7.04. The number of hydrogen-bond donors (Lipinski definition) is 2. The average Bonchev–Trinajstić information content (AvgIpc) is 2.42. The number of nitrogens with zero attached hydrogens (tertiary/aromatic N) is 1. The molecule has 0 saturated carbocycles. The van der Waals surface area contributed by atoms with Gasteiger partial charge in [-0.3, -0.25) is 0 Å².